The lowest BCUT2D eigenvalue weighted by Gasteiger charge is -1.97. The van der Waals surface area contributed by atoms with Crippen molar-refractivity contribution in [1.29, 1.82) is 0 Å². The summed E-state index contributed by atoms with van der Waals surface area (Å²) >= 11 is 10.3. The van der Waals surface area contributed by atoms with E-state index in [1.54, 1.807) is 19.2 Å². The van der Waals surface area contributed by atoms with Crippen molar-refractivity contribution in [3.63, 3.8) is 0 Å². The second-order valence-corrected chi connectivity index (χ2v) is 2.87. The van der Waals surface area contributed by atoms with Crippen molar-refractivity contribution in [2.24, 2.45) is 5.10 Å². The maximum absolute atomic E-state index is 5.54. The molecule has 0 aromatic carbocycles. The van der Waals surface area contributed by atoms with E-state index in [-0.39, 0.29) is 0 Å². The molecule has 0 bridgehead atoms. The van der Waals surface area contributed by atoms with Crippen LogP contribution in [0.25, 0.3) is 0 Å². The normalized spacial score (nSPS) is 10.3. The van der Waals surface area contributed by atoms with E-state index < -0.39 is 0 Å². The van der Waals surface area contributed by atoms with E-state index in [9.17, 15) is 0 Å². The van der Waals surface area contributed by atoms with Gasteiger partial charge in [-0.2, -0.15) is 5.10 Å². The molecule has 4 nitrogen and oxygen atoms in total. The number of nitrogens with zero attached hydrogens (tertiary/aromatic N) is 1. The fourth-order valence-electron chi connectivity index (χ4n) is 0.608. The Morgan fingerprint density at radius 1 is 1.69 bits per heavy atom. The summed E-state index contributed by atoms with van der Waals surface area (Å²) in [4.78, 5) is 0. The van der Waals surface area contributed by atoms with Crippen molar-refractivity contribution >= 4 is 35.1 Å². The van der Waals surface area contributed by atoms with Crippen molar-refractivity contribution < 1.29 is 4.42 Å². The Bertz CT molecular complexity index is 323. The first-order chi connectivity index (χ1) is 6.22. The van der Waals surface area contributed by atoms with Crippen LogP contribution in [-0.2, 0) is 0 Å². The third-order valence-electron chi connectivity index (χ3n) is 1.18. The average Bonchev–Trinajstić information content (AvgIpc) is 2.51. The second kappa shape index (κ2) is 4.84. The highest BCUT2D eigenvalue weighted by Crippen LogP contribution is 2.10. The quantitative estimate of drug-likeness (QED) is 0.446. The number of hydrazone groups is 1. The molecule has 0 amide bonds. The third-order valence-corrected chi connectivity index (χ3v) is 1.68. The highest BCUT2D eigenvalue weighted by atomic mass is 35.5. The molecule has 1 aromatic heterocycles. The number of rotatable bonds is 2. The van der Waals surface area contributed by atoms with Gasteiger partial charge in [-0.1, -0.05) is 0 Å². The van der Waals surface area contributed by atoms with Gasteiger partial charge in [-0.15, -0.1) is 0 Å². The largest absolute Gasteiger partial charge is 0.444 e. The third kappa shape index (κ3) is 3.43. The summed E-state index contributed by atoms with van der Waals surface area (Å²) in [7, 11) is 1.70. The molecule has 70 valence electrons. The maximum Gasteiger partial charge on any atom is 0.193 e. The Balaban J connectivity index is 2.45. The number of hydrogen-bond donors (Lipinski definition) is 2. The van der Waals surface area contributed by atoms with Gasteiger partial charge >= 0.3 is 0 Å². The van der Waals surface area contributed by atoms with Crippen LogP contribution in [0.3, 0.4) is 0 Å². The van der Waals surface area contributed by atoms with Crippen LogP contribution in [0.5, 0.6) is 0 Å². The second-order valence-electron chi connectivity index (χ2n) is 2.09. The average molecular weight is 218 g/mol. The zero-order valence-electron chi connectivity index (χ0n) is 6.87. The van der Waals surface area contributed by atoms with E-state index in [0.29, 0.717) is 16.1 Å². The van der Waals surface area contributed by atoms with E-state index >= 15 is 0 Å². The van der Waals surface area contributed by atoms with Crippen LogP contribution in [0.2, 0.25) is 5.22 Å². The highest BCUT2D eigenvalue weighted by molar-refractivity contribution is 7.80. The smallest absolute Gasteiger partial charge is 0.193 e. The lowest BCUT2D eigenvalue weighted by molar-refractivity contribution is 0.562. The van der Waals surface area contributed by atoms with Gasteiger partial charge < -0.3 is 9.73 Å². The first-order valence-corrected chi connectivity index (χ1v) is 4.27. The summed E-state index contributed by atoms with van der Waals surface area (Å²) in [5.74, 6) is 0.566. The van der Waals surface area contributed by atoms with Gasteiger partial charge in [-0.05, 0) is 36.0 Å². The Morgan fingerprint density at radius 2 is 2.46 bits per heavy atom. The Kier molecular flexibility index (Phi) is 3.72. The van der Waals surface area contributed by atoms with Crippen LogP contribution in [0.1, 0.15) is 5.76 Å². The highest BCUT2D eigenvalue weighted by Gasteiger charge is 1.94. The predicted molar refractivity (Wildman–Crippen MR) is 56.1 cm³/mol. The summed E-state index contributed by atoms with van der Waals surface area (Å²) in [6.07, 6.45) is 1.48. The number of furan rings is 1. The molecule has 13 heavy (non-hydrogen) atoms. The van der Waals surface area contributed by atoms with Gasteiger partial charge in [0.05, 0.1) is 6.21 Å². The molecule has 1 heterocycles. The molecule has 0 saturated carbocycles. The molecule has 0 unspecified atom stereocenters. The number of hydrogen-bond acceptors (Lipinski definition) is 3. The molecule has 0 spiro atoms. The molecule has 0 aliphatic rings. The lowest BCUT2D eigenvalue weighted by atomic mass is 10.5. The van der Waals surface area contributed by atoms with Gasteiger partial charge in [0.1, 0.15) is 5.76 Å². The van der Waals surface area contributed by atoms with Gasteiger partial charge in [0, 0.05) is 7.05 Å². The Hall–Kier alpha value is -1.07. The molecule has 0 saturated heterocycles. The first kappa shape index (κ1) is 10.0. The Labute approximate surface area is 85.9 Å². The molecule has 0 atom stereocenters. The van der Waals surface area contributed by atoms with Crippen LogP contribution in [-0.4, -0.2) is 18.4 Å². The molecule has 1 aromatic rings. The molecule has 1 rings (SSSR count). The lowest BCUT2D eigenvalue weighted by Crippen LogP contribution is -2.28. The van der Waals surface area contributed by atoms with Crippen molar-refractivity contribution in [3.8, 4) is 0 Å². The molecule has 0 fully saturated rings. The van der Waals surface area contributed by atoms with Crippen LogP contribution < -0.4 is 10.7 Å². The standard InChI is InChI=1S/C7H8ClN3OS/c1-9-7(13)11-10-4-5-2-3-6(8)12-5/h2-4H,1H3,(H2,9,11,13)/b10-4+. The van der Waals surface area contributed by atoms with Crippen LogP contribution in [0.4, 0.5) is 0 Å². The monoisotopic (exact) mass is 217 g/mol. The minimum atomic E-state index is 0.331. The van der Waals surface area contributed by atoms with E-state index in [4.69, 9.17) is 28.2 Å². The summed E-state index contributed by atoms with van der Waals surface area (Å²) in [5.41, 5.74) is 2.58. The molecular weight excluding hydrogens is 210 g/mol. The fourth-order valence-corrected chi connectivity index (χ4v) is 0.813. The molecule has 0 aliphatic heterocycles. The molecule has 6 heteroatoms. The van der Waals surface area contributed by atoms with E-state index in [1.807, 2.05) is 0 Å². The molecule has 0 aliphatic carbocycles. The van der Waals surface area contributed by atoms with Gasteiger partial charge in [-0.3, -0.25) is 5.43 Å². The van der Waals surface area contributed by atoms with Crippen molar-refractivity contribution in [3.05, 3.63) is 23.1 Å². The van der Waals surface area contributed by atoms with E-state index in [1.165, 1.54) is 6.21 Å². The van der Waals surface area contributed by atoms with Gasteiger partial charge in [-0.25, -0.2) is 0 Å². The van der Waals surface area contributed by atoms with E-state index in [0.717, 1.165) is 0 Å². The molecule has 0 radical (unpaired) electrons. The fraction of sp³-hybridized carbons (Fsp3) is 0.143. The van der Waals surface area contributed by atoms with Gasteiger partial charge in [0.2, 0.25) is 0 Å². The maximum atomic E-state index is 5.54. The number of halogens is 1. The topological polar surface area (TPSA) is 49.6 Å². The summed E-state index contributed by atoms with van der Waals surface area (Å²) in [6, 6.07) is 3.34. The molecule has 2 N–H and O–H groups in total. The zero-order valence-corrected chi connectivity index (χ0v) is 8.45. The first-order valence-electron chi connectivity index (χ1n) is 3.48. The SMILES string of the molecule is CNC(=S)N/N=C/c1ccc(Cl)o1. The summed E-state index contributed by atoms with van der Waals surface area (Å²) in [6.45, 7) is 0. The minimum Gasteiger partial charge on any atom is -0.444 e. The number of nitrogens with one attached hydrogen (secondary N) is 2. The van der Waals surface area contributed by atoms with Crippen molar-refractivity contribution in [1.82, 2.24) is 10.7 Å². The molecular formula is C7H8ClN3OS. The van der Waals surface area contributed by atoms with Crippen molar-refractivity contribution in [2.75, 3.05) is 7.05 Å². The van der Waals surface area contributed by atoms with Crippen LogP contribution in [0.15, 0.2) is 21.7 Å². The zero-order chi connectivity index (χ0) is 9.68. The summed E-state index contributed by atoms with van der Waals surface area (Å²) in [5, 5.41) is 7.27. The van der Waals surface area contributed by atoms with Gasteiger partial charge in [0.15, 0.2) is 10.3 Å². The van der Waals surface area contributed by atoms with Gasteiger partial charge in [0.25, 0.3) is 0 Å². The number of thiocarbonyl (C=S) groups is 1. The Morgan fingerprint density at radius 3 is 3.00 bits per heavy atom. The minimum absolute atomic E-state index is 0.331. The van der Waals surface area contributed by atoms with Crippen molar-refractivity contribution in [2.45, 2.75) is 0 Å². The van der Waals surface area contributed by atoms with Crippen LogP contribution >= 0.6 is 23.8 Å². The van der Waals surface area contributed by atoms with E-state index in [2.05, 4.69) is 15.8 Å². The van der Waals surface area contributed by atoms with Crippen LogP contribution in [0, 0.1) is 0 Å². The predicted octanol–water partition coefficient (Wildman–Crippen LogP) is 1.36. The summed E-state index contributed by atoms with van der Waals surface area (Å²) < 4.78 is 5.01.